The van der Waals surface area contributed by atoms with Crippen LogP contribution < -0.4 is 0 Å². The number of rotatable bonds is 3. The summed E-state index contributed by atoms with van der Waals surface area (Å²) in [6.45, 7) is 0. The van der Waals surface area contributed by atoms with Crippen LogP contribution in [-0.2, 0) is 9.53 Å². The Labute approximate surface area is 57.9 Å². The molecular weight excluding hydrogens is 144 g/mol. The maximum Gasteiger partial charge on any atom is 0.370 e. The Hall–Kier alpha value is -0.700. The fraction of sp³-hybridized carbons (Fsp3) is 0.400. The number of allylic oxidation sites excluding steroid dienone is 1. The SMILES string of the molecule is COC(=CCCl)C(=O)O. The van der Waals surface area contributed by atoms with Gasteiger partial charge in [-0.15, -0.1) is 11.6 Å². The van der Waals surface area contributed by atoms with Crippen molar-refractivity contribution in [3.63, 3.8) is 0 Å². The van der Waals surface area contributed by atoms with E-state index >= 15 is 0 Å². The zero-order chi connectivity index (χ0) is 7.28. The summed E-state index contributed by atoms with van der Waals surface area (Å²) in [5.41, 5.74) is 0. The number of aliphatic carboxylic acids is 1. The normalized spacial score (nSPS) is 11.1. The molecule has 0 radical (unpaired) electrons. The highest BCUT2D eigenvalue weighted by atomic mass is 35.5. The van der Waals surface area contributed by atoms with E-state index in [4.69, 9.17) is 16.7 Å². The van der Waals surface area contributed by atoms with Crippen molar-refractivity contribution in [2.75, 3.05) is 13.0 Å². The van der Waals surface area contributed by atoms with Gasteiger partial charge in [-0.25, -0.2) is 4.79 Å². The Morgan fingerprint density at radius 2 is 2.44 bits per heavy atom. The molecule has 52 valence electrons. The van der Waals surface area contributed by atoms with Gasteiger partial charge in [0.2, 0.25) is 5.76 Å². The third-order valence-corrected chi connectivity index (χ3v) is 0.848. The van der Waals surface area contributed by atoms with E-state index < -0.39 is 5.97 Å². The summed E-state index contributed by atoms with van der Waals surface area (Å²) in [7, 11) is 1.28. The van der Waals surface area contributed by atoms with Crippen molar-refractivity contribution in [1.29, 1.82) is 0 Å². The second-order valence-electron chi connectivity index (χ2n) is 1.23. The van der Waals surface area contributed by atoms with E-state index in [-0.39, 0.29) is 11.6 Å². The van der Waals surface area contributed by atoms with Gasteiger partial charge in [0.05, 0.1) is 7.11 Å². The predicted molar refractivity (Wildman–Crippen MR) is 33.4 cm³/mol. The first-order valence-electron chi connectivity index (χ1n) is 2.25. The van der Waals surface area contributed by atoms with E-state index in [1.807, 2.05) is 0 Å². The van der Waals surface area contributed by atoms with Gasteiger partial charge in [0.15, 0.2) is 0 Å². The van der Waals surface area contributed by atoms with Gasteiger partial charge in [-0.2, -0.15) is 0 Å². The molecule has 0 bridgehead atoms. The molecule has 0 aromatic carbocycles. The molecule has 0 aliphatic rings. The number of ether oxygens (including phenoxy) is 1. The molecule has 0 aliphatic carbocycles. The third-order valence-electron chi connectivity index (χ3n) is 0.693. The first kappa shape index (κ1) is 8.30. The van der Waals surface area contributed by atoms with Gasteiger partial charge in [0, 0.05) is 5.88 Å². The number of carbonyl (C=O) groups is 1. The molecule has 0 atom stereocenters. The lowest BCUT2D eigenvalue weighted by Crippen LogP contribution is -2.02. The maximum absolute atomic E-state index is 10.1. The highest BCUT2D eigenvalue weighted by molar-refractivity contribution is 6.19. The van der Waals surface area contributed by atoms with Gasteiger partial charge in [-0.05, 0) is 6.08 Å². The number of carboxylic acids is 1. The Kier molecular flexibility index (Phi) is 3.88. The number of alkyl halides is 1. The monoisotopic (exact) mass is 150 g/mol. The minimum atomic E-state index is -1.10. The molecule has 0 saturated heterocycles. The van der Waals surface area contributed by atoms with Gasteiger partial charge in [0.1, 0.15) is 0 Å². The van der Waals surface area contributed by atoms with Crippen molar-refractivity contribution in [1.82, 2.24) is 0 Å². The average Bonchev–Trinajstić information content (AvgIpc) is 1.82. The lowest BCUT2D eigenvalue weighted by Gasteiger charge is -1.96. The van der Waals surface area contributed by atoms with Crippen LogP contribution in [0.4, 0.5) is 0 Å². The van der Waals surface area contributed by atoms with Crippen molar-refractivity contribution in [3.8, 4) is 0 Å². The largest absolute Gasteiger partial charge is 0.490 e. The van der Waals surface area contributed by atoms with Crippen LogP contribution >= 0.6 is 11.6 Å². The van der Waals surface area contributed by atoms with Gasteiger partial charge >= 0.3 is 5.97 Å². The average molecular weight is 151 g/mol. The molecular formula is C5H7ClO3. The predicted octanol–water partition coefficient (Wildman–Crippen LogP) is 0.840. The van der Waals surface area contributed by atoms with Crippen LogP contribution in [-0.4, -0.2) is 24.1 Å². The molecule has 0 rings (SSSR count). The number of hydrogen-bond donors (Lipinski definition) is 1. The van der Waals surface area contributed by atoms with E-state index in [9.17, 15) is 4.79 Å². The van der Waals surface area contributed by atoms with Crippen molar-refractivity contribution in [2.24, 2.45) is 0 Å². The Balaban J connectivity index is 3.98. The molecule has 4 heteroatoms. The number of hydrogen-bond acceptors (Lipinski definition) is 2. The Morgan fingerprint density at radius 1 is 1.89 bits per heavy atom. The van der Waals surface area contributed by atoms with E-state index in [2.05, 4.69) is 4.74 Å². The standard InChI is InChI=1S/C5H7ClO3/c1-9-4(2-3-6)5(7)8/h2H,3H2,1H3,(H,7,8). The molecule has 0 aromatic heterocycles. The van der Waals surface area contributed by atoms with Crippen molar-refractivity contribution >= 4 is 17.6 Å². The lowest BCUT2D eigenvalue weighted by atomic mass is 10.5. The van der Waals surface area contributed by atoms with Crippen LogP contribution in [0.5, 0.6) is 0 Å². The second kappa shape index (κ2) is 4.21. The summed E-state index contributed by atoms with van der Waals surface area (Å²) in [6, 6.07) is 0. The number of halogens is 1. The van der Waals surface area contributed by atoms with Gasteiger partial charge in [-0.3, -0.25) is 0 Å². The molecule has 0 unspecified atom stereocenters. The molecule has 3 nitrogen and oxygen atoms in total. The van der Waals surface area contributed by atoms with E-state index in [0.717, 1.165) is 0 Å². The topological polar surface area (TPSA) is 46.5 Å². The van der Waals surface area contributed by atoms with Gasteiger partial charge in [-0.1, -0.05) is 0 Å². The first-order valence-corrected chi connectivity index (χ1v) is 2.79. The molecule has 0 fully saturated rings. The molecule has 0 aliphatic heterocycles. The molecule has 0 saturated carbocycles. The highest BCUT2D eigenvalue weighted by Crippen LogP contribution is 1.94. The van der Waals surface area contributed by atoms with Crippen LogP contribution in [0.1, 0.15) is 0 Å². The molecule has 9 heavy (non-hydrogen) atoms. The van der Waals surface area contributed by atoms with E-state index in [1.54, 1.807) is 0 Å². The lowest BCUT2D eigenvalue weighted by molar-refractivity contribution is -0.136. The Morgan fingerprint density at radius 3 is 2.56 bits per heavy atom. The van der Waals surface area contributed by atoms with Crippen LogP contribution in [0, 0.1) is 0 Å². The number of methoxy groups -OCH3 is 1. The van der Waals surface area contributed by atoms with E-state index in [1.165, 1.54) is 13.2 Å². The molecule has 0 heterocycles. The molecule has 0 aromatic rings. The molecule has 1 N–H and O–H groups in total. The van der Waals surface area contributed by atoms with Crippen LogP contribution in [0.2, 0.25) is 0 Å². The molecule has 0 amide bonds. The van der Waals surface area contributed by atoms with Crippen molar-refractivity contribution in [3.05, 3.63) is 11.8 Å². The summed E-state index contributed by atoms with van der Waals surface area (Å²) >= 11 is 5.20. The summed E-state index contributed by atoms with van der Waals surface area (Å²) in [6.07, 6.45) is 1.28. The zero-order valence-electron chi connectivity index (χ0n) is 4.93. The van der Waals surface area contributed by atoms with Crippen molar-refractivity contribution < 1.29 is 14.6 Å². The summed E-state index contributed by atoms with van der Waals surface area (Å²) in [5.74, 6) is -1.07. The summed E-state index contributed by atoms with van der Waals surface area (Å²) in [4.78, 5) is 10.1. The van der Waals surface area contributed by atoms with Gasteiger partial charge < -0.3 is 9.84 Å². The van der Waals surface area contributed by atoms with Gasteiger partial charge in [0.25, 0.3) is 0 Å². The summed E-state index contributed by atoms with van der Waals surface area (Å²) in [5, 5.41) is 8.25. The fourth-order valence-corrected chi connectivity index (χ4v) is 0.468. The highest BCUT2D eigenvalue weighted by Gasteiger charge is 2.03. The van der Waals surface area contributed by atoms with E-state index in [0.29, 0.717) is 0 Å². The minimum Gasteiger partial charge on any atom is -0.490 e. The van der Waals surface area contributed by atoms with Crippen molar-refractivity contribution in [2.45, 2.75) is 0 Å². The quantitative estimate of drug-likeness (QED) is 0.369. The zero-order valence-corrected chi connectivity index (χ0v) is 5.68. The minimum absolute atomic E-state index is 0.120. The molecule has 0 spiro atoms. The van der Waals surface area contributed by atoms with Crippen LogP contribution in [0.25, 0.3) is 0 Å². The van der Waals surface area contributed by atoms with Crippen LogP contribution in [0.15, 0.2) is 11.8 Å². The maximum atomic E-state index is 10.1. The smallest absolute Gasteiger partial charge is 0.370 e. The number of carboxylic acid groups (broad SMARTS) is 1. The summed E-state index contributed by atoms with van der Waals surface area (Å²) < 4.78 is 4.43. The third kappa shape index (κ3) is 2.98. The Bertz CT molecular complexity index is 130. The van der Waals surface area contributed by atoms with Crippen LogP contribution in [0.3, 0.4) is 0 Å². The second-order valence-corrected chi connectivity index (χ2v) is 1.54. The fourth-order valence-electron chi connectivity index (χ4n) is 0.328. The first-order chi connectivity index (χ1) is 4.22.